The fourth-order valence-corrected chi connectivity index (χ4v) is 3.05. The Bertz CT molecular complexity index is 710. The molecular weight excluding hydrogens is 354 g/mol. The second kappa shape index (κ2) is 8.92. The van der Waals surface area contributed by atoms with Crippen LogP contribution in [0.4, 0.5) is 0 Å². The normalized spacial score (nSPS) is 14.9. The minimum atomic E-state index is -0.0340. The molecule has 0 aromatic heterocycles. The molecule has 2 aromatic carbocycles. The minimum Gasteiger partial charge on any atom is -0.491 e. The van der Waals surface area contributed by atoms with Gasteiger partial charge < -0.3 is 19.5 Å². The van der Waals surface area contributed by atoms with Crippen LogP contribution in [-0.4, -0.2) is 48.3 Å². The van der Waals surface area contributed by atoms with E-state index in [1.165, 1.54) is 0 Å². The molecule has 2 aromatic rings. The molecule has 0 unspecified atom stereocenters. The quantitative estimate of drug-likeness (QED) is 0.840. The molecule has 1 amide bonds. The van der Waals surface area contributed by atoms with E-state index in [1.807, 2.05) is 29.2 Å². The van der Waals surface area contributed by atoms with Crippen LogP contribution < -0.4 is 9.47 Å². The lowest BCUT2D eigenvalue weighted by Crippen LogP contribution is -2.41. The average Bonchev–Trinajstić information content (AvgIpc) is 2.68. The highest BCUT2D eigenvalue weighted by Crippen LogP contribution is 2.22. The van der Waals surface area contributed by atoms with Gasteiger partial charge in [-0.25, -0.2) is 0 Å². The van der Waals surface area contributed by atoms with Crippen LogP contribution in [-0.2, 0) is 0 Å². The molecule has 5 nitrogen and oxygen atoms in total. The lowest BCUT2D eigenvalue weighted by Gasteiger charge is -2.32. The highest BCUT2D eigenvalue weighted by atomic mass is 35.5. The summed E-state index contributed by atoms with van der Waals surface area (Å²) < 4.78 is 11.3. The van der Waals surface area contributed by atoms with Crippen molar-refractivity contribution in [3.8, 4) is 11.5 Å². The number of amides is 1. The predicted molar refractivity (Wildman–Crippen MR) is 100 cm³/mol. The summed E-state index contributed by atoms with van der Waals surface area (Å²) in [5.74, 6) is 1.46. The number of likely N-dealkylation sites (tertiary alicyclic amines) is 1. The van der Waals surface area contributed by atoms with Crippen molar-refractivity contribution in [2.24, 2.45) is 0 Å². The molecule has 0 saturated carbocycles. The molecule has 26 heavy (non-hydrogen) atoms. The Morgan fingerprint density at radius 3 is 2.27 bits per heavy atom. The molecule has 1 N–H and O–H groups in total. The van der Waals surface area contributed by atoms with E-state index >= 15 is 0 Å². The van der Waals surface area contributed by atoms with Crippen LogP contribution in [0.15, 0.2) is 48.5 Å². The van der Waals surface area contributed by atoms with E-state index in [-0.39, 0.29) is 25.2 Å². The van der Waals surface area contributed by atoms with E-state index < -0.39 is 0 Å². The maximum atomic E-state index is 12.6. The van der Waals surface area contributed by atoms with Gasteiger partial charge in [-0.3, -0.25) is 4.79 Å². The number of benzene rings is 2. The van der Waals surface area contributed by atoms with Gasteiger partial charge in [0.25, 0.3) is 5.91 Å². The molecule has 3 rings (SSSR count). The number of carbonyl (C=O) groups is 1. The van der Waals surface area contributed by atoms with E-state index in [2.05, 4.69) is 0 Å². The molecule has 1 heterocycles. The van der Waals surface area contributed by atoms with Crippen LogP contribution >= 0.6 is 11.6 Å². The lowest BCUT2D eigenvalue weighted by atomic mass is 10.1. The number of hydrogen-bond donors (Lipinski definition) is 1. The van der Waals surface area contributed by atoms with Crippen LogP contribution in [0.25, 0.3) is 0 Å². The molecule has 1 aliphatic rings. The second-order valence-corrected chi connectivity index (χ2v) is 6.60. The van der Waals surface area contributed by atoms with E-state index in [0.717, 1.165) is 18.6 Å². The first kappa shape index (κ1) is 18.5. The van der Waals surface area contributed by atoms with Crippen molar-refractivity contribution in [1.82, 2.24) is 4.90 Å². The van der Waals surface area contributed by atoms with Crippen molar-refractivity contribution >= 4 is 17.5 Å². The molecule has 0 atom stereocenters. The molecule has 0 spiro atoms. The molecule has 0 aliphatic carbocycles. The standard InChI is InChI=1S/C20H22ClNO4/c21-16-3-7-18(8-4-16)26-19-9-11-22(12-10-19)20(24)15-1-5-17(6-2-15)25-14-13-23/h1-8,19,23H,9-14H2. The smallest absolute Gasteiger partial charge is 0.253 e. The number of carbonyl (C=O) groups excluding carboxylic acids is 1. The van der Waals surface area contributed by atoms with Crippen LogP contribution in [0.5, 0.6) is 11.5 Å². The third-order valence-electron chi connectivity index (χ3n) is 4.31. The zero-order valence-corrected chi connectivity index (χ0v) is 15.2. The zero-order valence-electron chi connectivity index (χ0n) is 14.4. The molecule has 0 radical (unpaired) electrons. The van der Waals surface area contributed by atoms with Gasteiger partial charge in [0.15, 0.2) is 0 Å². The number of aliphatic hydroxyl groups excluding tert-OH is 1. The molecule has 0 bridgehead atoms. The summed E-state index contributed by atoms with van der Waals surface area (Å²) in [5.41, 5.74) is 0.637. The van der Waals surface area contributed by atoms with Gasteiger partial charge in [0.05, 0.1) is 6.61 Å². The zero-order chi connectivity index (χ0) is 18.4. The predicted octanol–water partition coefficient (Wildman–Crippen LogP) is 3.39. The van der Waals surface area contributed by atoms with Crippen LogP contribution in [0.2, 0.25) is 5.02 Å². The number of hydrogen-bond acceptors (Lipinski definition) is 4. The lowest BCUT2D eigenvalue weighted by molar-refractivity contribution is 0.0595. The van der Waals surface area contributed by atoms with Crippen LogP contribution in [0, 0.1) is 0 Å². The van der Waals surface area contributed by atoms with Gasteiger partial charge in [0.1, 0.15) is 24.2 Å². The number of ether oxygens (including phenoxy) is 2. The second-order valence-electron chi connectivity index (χ2n) is 6.16. The summed E-state index contributed by atoms with van der Waals surface area (Å²) in [4.78, 5) is 14.5. The molecule has 1 saturated heterocycles. The highest BCUT2D eigenvalue weighted by Gasteiger charge is 2.24. The Morgan fingerprint density at radius 2 is 1.65 bits per heavy atom. The maximum absolute atomic E-state index is 12.6. The molecule has 1 aliphatic heterocycles. The number of rotatable bonds is 6. The summed E-state index contributed by atoms with van der Waals surface area (Å²) in [6.07, 6.45) is 1.70. The van der Waals surface area contributed by atoms with E-state index in [9.17, 15) is 4.79 Å². The summed E-state index contributed by atoms with van der Waals surface area (Å²) >= 11 is 5.88. The van der Waals surface area contributed by atoms with Crippen LogP contribution in [0.3, 0.4) is 0 Å². The van der Waals surface area contributed by atoms with E-state index in [4.69, 9.17) is 26.2 Å². The van der Waals surface area contributed by atoms with E-state index in [1.54, 1.807) is 24.3 Å². The Morgan fingerprint density at radius 1 is 1.04 bits per heavy atom. The van der Waals surface area contributed by atoms with Crippen molar-refractivity contribution in [2.45, 2.75) is 18.9 Å². The van der Waals surface area contributed by atoms with Gasteiger partial charge in [0.2, 0.25) is 0 Å². The summed E-state index contributed by atoms with van der Waals surface area (Å²) in [6.45, 7) is 1.54. The van der Waals surface area contributed by atoms with Crippen molar-refractivity contribution in [1.29, 1.82) is 0 Å². The Balaban J connectivity index is 1.50. The first-order valence-corrected chi connectivity index (χ1v) is 9.09. The third kappa shape index (κ3) is 4.90. The molecule has 138 valence electrons. The maximum Gasteiger partial charge on any atom is 0.253 e. The van der Waals surface area contributed by atoms with E-state index in [0.29, 0.717) is 29.4 Å². The SMILES string of the molecule is O=C(c1ccc(OCCO)cc1)N1CCC(Oc2ccc(Cl)cc2)CC1. The summed E-state index contributed by atoms with van der Waals surface area (Å²) in [7, 11) is 0. The summed E-state index contributed by atoms with van der Waals surface area (Å²) in [5, 5.41) is 9.45. The Hall–Kier alpha value is -2.24. The largest absolute Gasteiger partial charge is 0.491 e. The highest BCUT2D eigenvalue weighted by molar-refractivity contribution is 6.30. The topological polar surface area (TPSA) is 59.0 Å². The van der Waals surface area contributed by atoms with Gasteiger partial charge in [-0.2, -0.15) is 0 Å². The fraction of sp³-hybridized carbons (Fsp3) is 0.350. The van der Waals surface area contributed by atoms with Crippen molar-refractivity contribution in [2.75, 3.05) is 26.3 Å². The van der Waals surface area contributed by atoms with Crippen LogP contribution in [0.1, 0.15) is 23.2 Å². The van der Waals surface area contributed by atoms with Gasteiger partial charge in [-0.1, -0.05) is 11.6 Å². The average molecular weight is 376 g/mol. The Kier molecular flexibility index (Phi) is 6.36. The Labute approximate surface area is 158 Å². The number of piperidine rings is 1. The minimum absolute atomic E-state index is 0.0173. The third-order valence-corrected chi connectivity index (χ3v) is 4.56. The molecule has 1 fully saturated rings. The van der Waals surface area contributed by atoms with Crippen molar-refractivity contribution < 1.29 is 19.4 Å². The summed E-state index contributed by atoms with van der Waals surface area (Å²) in [6, 6.07) is 14.3. The number of aliphatic hydroxyl groups is 1. The number of nitrogens with zero attached hydrogens (tertiary/aromatic N) is 1. The van der Waals surface area contributed by atoms with Crippen molar-refractivity contribution in [3.05, 3.63) is 59.1 Å². The van der Waals surface area contributed by atoms with Crippen molar-refractivity contribution in [3.63, 3.8) is 0 Å². The van der Waals surface area contributed by atoms with Gasteiger partial charge in [0, 0.05) is 36.5 Å². The van der Waals surface area contributed by atoms with Gasteiger partial charge in [-0.05, 0) is 48.5 Å². The van der Waals surface area contributed by atoms with Gasteiger partial charge in [-0.15, -0.1) is 0 Å². The fourth-order valence-electron chi connectivity index (χ4n) is 2.92. The monoisotopic (exact) mass is 375 g/mol. The molecular formula is C20H22ClNO4. The molecule has 6 heteroatoms. The first-order chi connectivity index (χ1) is 12.7. The first-order valence-electron chi connectivity index (χ1n) is 8.71. The van der Waals surface area contributed by atoms with Gasteiger partial charge >= 0.3 is 0 Å². The number of halogens is 1.